The van der Waals surface area contributed by atoms with Crippen LogP contribution in [-0.2, 0) is 18.1 Å². The largest absolute Gasteiger partial charge is 0.416 e. The molecule has 0 amide bonds. The van der Waals surface area contributed by atoms with Gasteiger partial charge in [-0.3, -0.25) is 0 Å². The Kier molecular flexibility index (Phi) is 3.54. The van der Waals surface area contributed by atoms with E-state index in [0.29, 0.717) is 12.4 Å². The predicted octanol–water partition coefficient (Wildman–Crippen LogP) is 3.04. The fourth-order valence-corrected chi connectivity index (χ4v) is 1.82. The molecule has 0 aliphatic heterocycles. The molecule has 1 aromatic heterocycles. The number of hydrogen-bond donors (Lipinski definition) is 0. The lowest BCUT2D eigenvalue weighted by atomic mass is 9.96. The SMILES string of the molecule is CC(C)(C)c1nnnn1Cc1ccc(C(F)(F)F)cc1. The molecule has 108 valence electrons. The second kappa shape index (κ2) is 4.88. The van der Waals surface area contributed by atoms with Crippen LogP contribution >= 0.6 is 0 Å². The number of hydrogen-bond acceptors (Lipinski definition) is 3. The third-order valence-corrected chi connectivity index (χ3v) is 2.82. The molecule has 4 nitrogen and oxygen atoms in total. The van der Waals surface area contributed by atoms with Crippen LogP contribution in [0.3, 0.4) is 0 Å². The van der Waals surface area contributed by atoms with E-state index in [4.69, 9.17) is 0 Å². The van der Waals surface area contributed by atoms with Gasteiger partial charge in [-0.05, 0) is 28.1 Å². The molecule has 1 heterocycles. The minimum absolute atomic E-state index is 0.227. The molecule has 0 N–H and O–H groups in total. The van der Waals surface area contributed by atoms with Gasteiger partial charge >= 0.3 is 6.18 Å². The summed E-state index contributed by atoms with van der Waals surface area (Å²) in [7, 11) is 0. The van der Waals surface area contributed by atoms with E-state index in [1.165, 1.54) is 12.1 Å². The second-order valence-electron chi connectivity index (χ2n) is 5.60. The van der Waals surface area contributed by atoms with E-state index >= 15 is 0 Å². The second-order valence-corrected chi connectivity index (χ2v) is 5.60. The third-order valence-electron chi connectivity index (χ3n) is 2.82. The Balaban J connectivity index is 2.22. The van der Waals surface area contributed by atoms with Crippen molar-refractivity contribution in [1.29, 1.82) is 0 Å². The molecular weight excluding hydrogens is 269 g/mol. The monoisotopic (exact) mass is 284 g/mol. The Labute approximate surface area is 114 Å². The standard InChI is InChI=1S/C13H15F3N4/c1-12(2,3)11-17-18-19-20(11)8-9-4-6-10(7-5-9)13(14,15)16/h4-7H,8H2,1-3H3. The Hall–Kier alpha value is -1.92. The average Bonchev–Trinajstić information content (AvgIpc) is 2.76. The lowest BCUT2D eigenvalue weighted by molar-refractivity contribution is -0.137. The van der Waals surface area contributed by atoms with Crippen LogP contribution in [0.25, 0.3) is 0 Å². The van der Waals surface area contributed by atoms with Crippen LogP contribution in [0.1, 0.15) is 37.7 Å². The number of benzene rings is 1. The van der Waals surface area contributed by atoms with Gasteiger partial charge in [-0.15, -0.1) is 5.10 Å². The van der Waals surface area contributed by atoms with Crippen molar-refractivity contribution in [2.75, 3.05) is 0 Å². The number of alkyl halides is 3. The lowest BCUT2D eigenvalue weighted by Gasteiger charge is -2.17. The minimum atomic E-state index is -4.32. The Morgan fingerprint density at radius 1 is 1.05 bits per heavy atom. The maximum atomic E-state index is 12.5. The molecule has 0 saturated heterocycles. The first-order valence-electron chi connectivity index (χ1n) is 6.11. The normalized spacial score (nSPS) is 12.7. The van der Waals surface area contributed by atoms with Gasteiger partial charge in [0.1, 0.15) is 0 Å². The smallest absolute Gasteiger partial charge is 0.225 e. The maximum Gasteiger partial charge on any atom is 0.416 e. The molecule has 0 fully saturated rings. The molecule has 2 rings (SSSR count). The van der Waals surface area contributed by atoms with Crippen LogP contribution in [0.5, 0.6) is 0 Å². The van der Waals surface area contributed by atoms with Crippen molar-refractivity contribution in [3.63, 3.8) is 0 Å². The fourth-order valence-electron chi connectivity index (χ4n) is 1.82. The summed E-state index contributed by atoms with van der Waals surface area (Å²) in [6.07, 6.45) is -4.32. The van der Waals surface area contributed by atoms with Gasteiger partial charge in [0, 0.05) is 5.41 Å². The van der Waals surface area contributed by atoms with Crippen LogP contribution in [0, 0.1) is 0 Å². The molecule has 2 aromatic rings. The van der Waals surface area contributed by atoms with E-state index < -0.39 is 11.7 Å². The van der Waals surface area contributed by atoms with Crippen molar-refractivity contribution in [3.05, 3.63) is 41.2 Å². The fraction of sp³-hybridized carbons (Fsp3) is 0.462. The molecule has 1 aromatic carbocycles. The number of halogens is 3. The summed E-state index contributed by atoms with van der Waals surface area (Å²) in [6, 6.07) is 5.01. The predicted molar refractivity (Wildman–Crippen MR) is 67.1 cm³/mol. The minimum Gasteiger partial charge on any atom is -0.225 e. The van der Waals surface area contributed by atoms with Gasteiger partial charge in [0.15, 0.2) is 5.82 Å². The van der Waals surface area contributed by atoms with E-state index in [0.717, 1.165) is 17.7 Å². The van der Waals surface area contributed by atoms with E-state index in [1.807, 2.05) is 20.8 Å². The summed E-state index contributed by atoms with van der Waals surface area (Å²) in [4.78, 5) is 0. The number of nitrogens with zero attached hydrogens (tertiary/aromatic N) is 4. The molecule has 0 aliphatic rings. The topological polar surface area (TPSA) is 43.6 Å². The summed E-state index contributed by atoms with van der Waals surface area (Å²) in [5, 5.41) is 11.5. The van der Waals surface area contributed by atoms with Crippen molar-refractivity contribution in [1.82, 2.24) is 20.2 Å². The molecule has 20 heavy (non-hydrogen) atoms. The van der Waals surface area contributed by atoms with E-state index in [-0.39, 0.29) is 5.41 Å². The van der Waals surface area contributed by atoms with Gasteiger partial charge in [0.05, 0.1) is 12.1 Å². The summed E-state index contributed by atoms with van der Waals surface area (Å²) in [5.74, 6) is 0.692. The number of rotatable bonds is 2. The highest BCUT2D eigenvalue weighted by Gasteiger charge is 2.30. The van der Waals surface area contributed by atoms with Crippen LogP contribution < -0.4 is 0 Å². The Bertz CT molecular complexity index is 579. The van der Waals surface area contributed by atoms with Crippen LogP contribution in [0.15, 0.2) is 24.3 Å². The zero-order valence-electron chi connectivity index (χ0n) is 11.4. The molecule has 0 saturated carbocycles. The highest BCUT2D eigenvalue weighted by molar-refractivity contribution is 5.24. The van der Waals surface area contributed by atoms with Gasteiger partial charge < -0.3 is 0 Å². The molecule has 7 heteroatoms. The third kappa shape index (κ3) is 3.15. The zero-order valence-corrected chi connectivity index (χ0v) is 11.4. The first-order chi connectivity index (χ1) is 9.18. The number of tetrazole rings is 1. The highest BCUT2D eigenvalue weighted by Crippen LogP contribution is 2.29. The Morgan fingerprint density at radius 3 is 2.15 bits per heavy atom. The van der Waals surface area contributed by atoms with Crippen molar-refractivity contribution < 1.29 is 13.2 Å². The quantitative estimate of drug-likeness (QED) is 0.851. The van der Waals surface area contributed by atoms with Gasteiger partial charge in [-0.25, -0.2) is 4.68 Å². The van der Waals surface area contributed by atoms with Crippen LogP contribution in [0.2, 0.25) is 0 Å². The molecule has 0 aliphatic carbocycles. The van der Waals surface area contributed by atoms with Crippen molar-refractivity contribution >= 4 is 0 Å². The van der Waals surface area contributed by atoms with Gasteiger partial charge in [0.25, 0.3) is 0 Å². The van der Waals surface area contributed by atoms with Crippen molar-refractivity contribution in [2.45, 2.75) is 38.9 Å². The van der Waals surface area contributed by atoms with Gasteiger partial charge in [-0.2, -0.15) is 13.2 Å². The summed E-state index contributed by atoms with van der Waals surface area (Å²) in [6.45, 7) is 6.27. The molecule has 0 radical (unpaired) electrons. The summed E-state index contributed by atoms with van der Waals surface area (Å²) < 4.78 is 39.0. The summed E-state index contributed by atoms with van der Waals surface area (Å²) in [5.41, 5.74) is -0.167. The lowest BCUT2D eigenvalue weighted by Crippen LogP contribution is -2.20. The van der Waals surface area contributed by atoms with E-state index in [2.05, 4.69) is 15.5 Å². The van der Waals surface area contributed by atoms with E-state index in [1.54, 1.807) is 4.68 Å². The molecule has 0 spiro atoms. The van der Waals surface area contributed by atoms with Gasteiger partial charge in [0.2, 0.25) is 0 Å². The van der Waals surface area contributed by atoms with E-state index in [9.17, 15) is 13.2 Å². The molecule has 0 bridgehead atoms. The van der Waals surface area contributed by atoms with Crippen molar-refractivity contribution in [3.8, 4) is 0 Å². The highest BCUT2D eigenvalue weighted by atomic mass is 19.4. The zero-order chi connectivity index (χ0) is 15.0. The van der Waals surface area contributed by atoms with Crippen molar-refractivity contribution in [2.24, 2.45) is 0 Å². The maximum absolute atomic E-state index is 12.5. The Morgan fingerprint density at radius 2 is 1.65 bits per heavy atom. The number of aromatic nitrogens is 4. The summed E-state index contributed by atoms with van der Waals surface area (Å²) >= 11 is 0. The van der Waals surface area contributed by atoms with Crippen LogP contribution in [0.4, 0.5) is 13.2 Å². The van der Waals surface area contributed by atoms with Gasteiger partial charge in [-0.1, -0.05) is 32.9 Å². The first-order valence-corrected chi connectivity index (χ1v) is 6.11. The first kappa shape index (κ1) is 14.5. The average molecular weight is 284 g/mol. The molecule has 0 atom stereocenters. The van der Waals surface area contributed by atoms with Crippen LogP contribution in [-0.4, -0.2) is 20.2 Å². The molecular formula is C13H15F3N4. The molecule has 0 unspecified atom stereocenters.